The minimum Gasteiger partial charge on any atom is -0.489 e. The van der Waals surface area contributed by atoms with E-state index in [-0.39, 0.29) is 6.61 Å². The Balaban J connectivity index is 1.67. The molecular formula is C17H26ClNO2. The van der Waals surface area contributed by atoms with Gasteiger partial charge in [-0.2, -0.15) is 0 Å². The van der Waals surface area contributed by atoms with Crippen LogP contribution in [0.5, 0.6) is 5.75 Å². The standard InChI is InChI=1S/C17H26ClNO2/c1-13(14-7-3-2-4-8-14)19-11-15(20)12-21-17-10-6-5-9-16(17)18/h5-6,9-10,13-15,19-20H,2-4,7-8,11-12H2,1H3/t13-,15?/m0/s1. The van der Waals surface area contributed by atoms with E-state index in [4.69, 9.17) is 16.3 Å². The molecule has 1 aromatic rings. The maximum absolute atomic E-state index is 10.0. The van der Waals surface area contributed by atoms with Crippen LogP contribution in [0.3, 0.4) is 0 Å². The van der Waals surface area contributed by atoms with Gasteiger partial charge in [-0.1, -0.05) is 43.0 Å². The summed E-state index contributed by atoms with van der Waals surface area (Å²) in [5.74, 6) is 1.37. The van der Waals surface area contributed by atoms with Gasteiger partial charge < -0.3 is 15.2 Å². The molecule has 1 unspecified atom stereocenters. The maximum Gasteiger partial charge on any atom is 0.138 e. The molecule has 0 aliphatic heterocycles. The van der Waals surface area contributed by atoms with Crippen LogP contribution in [0, 0.1) is 5.92 Å². The van der Waals surface area contributed by atoms with Crippen molar-refractivity contribution < 1.29 is 9.84 Å². The van der Waals surface area contributed by atoms with Gasteiger partial charge in [-0.25, -0.2) is 0 Å². The van der Waals surface area contributed by atoms with Gasteiger partial charge in [-0.05, 0) is 37.8 Å². The summed E-state index contributed by atoms with van der Waals surface area (Å²) in [6.07, 6.45) is 6.15. The molecule has 3 nitrogen and oxygen atoms in total. The third-order valence-electron chi connectivity index (χ3n) is 4.30. The molecule has 0 radical (unpaired) electrons. The molecule has 1 aromatic carbocycles. The fourth-order valence-electron chi connectivity index (χ4n) is 2.93. The molecule has 2 atom stereocenters. The lowest BCUT2D eigenvalue weighted by Gasteiger charge is -2.29. The Morgan fingerprint density at radius 1 is 1.29 bits per heavy atom. The van der Waals surface area contributed by atoms with Crippen LogP contribution >= 0.6 is 11.6 Å². The molecule has 1 aliphatic rings. The Morgan fingerprint density at radius 2 is 2.00 bits per heavy atom. The van der Waals surface area contributed by atoms with E-state index in [9.17, 15) is 5.11 Å². The lowest BCUT2D eigenvalue weighted by atomic mass is 9.84. The SMILES string of the molecule is C[C@H](NCC(O)COc1ccccc1Cl)C1CCCCC1. The Bertz CT molecular complexity index is 421. The second kappa shape index (κ2) is 8.62. The average molecular weight is 312 g/mol. The number of rotatable bonds is 7. The van der Waals surface area contributed by atoms with Crippen molar-refractivity contribution in [2.45, 2.75) is 51.2 Å². The summed E-state index contributed by atoms with van der Waals surface area (Å²) >= 11 is 6.01. The highest BCUT2D eigenvalue weighted by atomic mass is 35.5. The van der Waals surface area contributed by atoms with E-state index in [1.807, 2.05) is 18.2 Å². The highest BCUT2D eigenvalue weighted by Gasteiger charge is 2.20. The minimum absolute atomic E-state index is 0.258. The molecule has 0 amide bonds. The minimum atomic E-state index is -0.521. The van der Waals surface area contributed by atoms with Gasteiger partial charge in [0, 0.05) is 12.6 Å². The molecule has 4 heteroatoms. The highest BCUT2D eigenvalue weighted by molar-refractivity contribution is 6.32. The largest absolute Gasteiger partial charge is 0.489 e. The lowest BCUT2D eigenvalue weighted by Crippen LogP contribution is -2.40. The zero-order chi connectivity index (χ0) is 15.1. The molecule has 0 bridgehead atoms. The van der Waals surface area contributed by atoms with Gasteiger partial charge in [0.05, 0.1) is 5.02 Å². The van der Waals surface area contributed by atoms with E-state index < -0.39 is 6.10 Å². The first-order valence-corrected chi connectivity index (χ1v) is 8.33. The first kappa shape index (κ1) is 16.6. The van der Waals surface area contributed by atoms with Gasteiger partial charge in [0.15, 0.2) is 0 Å². The molecule has 0 heterocycles. The highest BCUT2D eigenvalue weighted by Crippen LogP contribution is 2.26. The molecule has 0 spiro atoms. The van der Waals surface area contributed by atoms with Crippen molar-refractivity contribution in [1.29, 1.82) is 0 Å². The first-order chi connectivity index (χ1) is 10.2. The van der Waals surface area contributed by atoms with E-state index in [0.717, 1.165) is 5.92 Å². The van der Waals surface area contributed by atoms with Gasteiger partial charge in [0.25, 0.3) is 0 Å². The van der Waals surface area contributed by atoms with Crippen LogP contribution < -0.4 is 10.1 Å². The molecule has 2 N–H and O–H groups in total. The molecular weight excluding hydrogens is 286 g/mol. The van der Waals surface area contributed by atoms with E-state index >= 15 is 0 Å². The summed E-state index contributed by atoms with van der Waals surface area (Å²) in [7, 11) is 0. The van der Waals surface area contributed by atoms with Gasteiger partial charge in [-0.15, -0.1) is 0 Å². The van der Waals surface area contributed by atoms with Crippen molar-refractivity contribution in [3.8, 4) is 5.75 Å². The number of hydrogen-bond acceptors (Lipinski definition) is 3. The van der Waals surface area contributed by atoms with Gasteiger partial charge in [-0.3, -0.25) is 0 Å². The van der Waals surface area contributed by atoms with Crippen LogP contribution in [0.1, 0.15) is 39.0 Å². The Kier molecular flexibility index (Phi) is 6.81. The summed E-state index contributed by atoms with van der Waals surface area (Å²) < 4.78 is 5.55. The van der Waals surface area contributed by atoms with Crippen LogP contribution in [0.2, 0.25) is 5.02 Å². The van der Waals surface area contributed by atoms with E-state index in [1.54, 1.807) is 6.07 Å². The number of hydrogen-bond donors (Lipinski definition) is 2. The number of aliphatic hydroxyl groups excluding tert-OH is 1. The molecule has 21 heavy (non-hydrogen) atoms. The van der Waals surface area contributed by atoms with Crippen LogP contribution in [-0.4, -0.2) is 30.4 Å². The topological polar surface area (TPSA) is 41.5 Å². The number of halogens is 1. The zero-order valence-corrected chi connectivity index (χ0v) is 13.5. The normalized spacial score (nSPS) is 19.2. The number of benzene rings is 1. The monoisotopic (exact) mass is 311 g/mol. The Morgan fingerprint density at radius 3 is 2.71 bits per heavy atom. The summed E-state index contributed by atoms with van der Waals surface area (Å²) in [4.78, 5) is 0. The second-order valence-electron chi connectivity index (χ2n) is 5.99. The molecule has 2 rings (SSSR count). The van der Waals surface area contributed by atoms with E-state index in [0.29, 0.717) is 23.4 Å². The van der Waals surface area contributed by atoms with Crippen LogP contribution in [-0.2, 0) is 0 Å². The number of nitrogens with one attached hydrogen (secondary N) is 1. The van der Waals surface area contributed by atoms with Crippen LogP contribution in [0.25, 0.3) is 0 Å². The molecule has 118 valence electrons. The molecule has 1 aliphatic carbocycles. The van der Waals surface area contributed by atoms with Crippen molar-refractivity contribution in [3.05, 3.63) is 29.3 Å². The van der Waals surface area contributed by atoms with Crippen molar-refractivity contribution in [2.24, 2.45) is 5.92 Å². The predicted octanol–water partition coefficient (Wildman–Crippen LogP) is 3.64. The zero-order valence-electron chi connectivity index (χ0n) is 12.7. The third-order valence-corrected chi connectivity index (χ3v) is 4.61. The predicted molar refractivity (Wildman–Crippen MR) is 87.0 cm³/mol. The number of ether oxygens (including phenoxy) is 1. The Labute approximate surface area is 132 Å². The summed E-state index contributed by atoms with van der Waals surface area (Å²) in [5.41, 5.74) is 0. The van der Waals surface area contributed by atoms with Crippen LogP contribution in [0.4, 0.5) is 0 Å². The van der Waals surface area contributed by atoms with Gasteiger partial charge >= 0.3 is 0 Å². The van der Waals surface area contributed by atoms with Gasteiger partial charge in [0.2, 0.25) is 0 Å². The molecule has 0 aromatic heterocycles. The molecule has 1 saturated carbocycles. The summed E-state index contributed by atoms with van der Waals surface area (Å²) in [5, 5.41) is 14.0. The van der Waals surface area contributed by atoms with Crippen molar-refractivity contribution >= 4 is 11.6 Å². The van der Waals surface area contributed by atoms with Crippen molar-refractivity contribution in [1.82, 2.24) is 5.32 Å². The van der Waals surface area contributed by atoms with Crippen LogP contribution in [0.15, 0.2) is 24.3 Å². The maximum atomic E-state index is 10.0. The molecule has 1 fully saturated rings. The second-order valence-corrected chi connectivity index (χ2v) is 6.40. The quantitative estimate of drug-likeness (QED) is 0.808. The first-order valence-electron chi connectivity index (χ1n) is 7.95. The fraction of sp³-hybridized carbons (Fsp3) is 0.647. The Hall–Kier alpha value is -0.770. The van der Waals surface area contributed by atoms with Gasteiger partial charge in [0.1, 0.15) is 18.5 Å². The fourth-order valence-corrected chi connectivity index (χ4v) is 3.12. The summed E-state index contributed by atoms with van der Waals surface area (Å²) in [6, 6.07) is 7.79. The summed E-state index contributed by atoms with van der Waals surface area (Å²) in [6.45, 7) is 3.04. The number of para-hydroxylation sites is 1. The van der Waals surface area contributed by atoms with E-state index in [1.165, 1.54) is 32.1 Å². The van der Waals surface area contributed by atoms with E-state index in [2.05, 4.69) is 12.2 Å². The van der Waals surface area contributed by atoms with Crippen molar-refractivity contribution in [3.63, 3.8) is 0 Å². The lowest BCUT2D eigenvalue weighted by molar-refractivity contribution is 0.100. The molecule has 0 saturated heterocycles. The average Bonchev–Trinajstić information content (AvgIpc) is 2.52. The third kappa shape index (κ3) is 5.50. The smallest absolute Gasteiger partial charge is 0.138 e. The van der Waals surface area contributed by atoms with Crippen molar-refractivity contribution in [2.75, 3.05) is 13.2 Å². The number of aliphatic hydroxyl groups is 1.